The van der Waals surface area contributed by atoms with Gasteiger partial charge in [-0.2, -0.15) is 13.5 Å². The molecule has 0 amide bonds. The van der Waals surface area contributed by atoms with Gasteiger partial charge in [0.1, 0.15) is 5.75 Å². The molecule has 0 aliphatic carbocycles. The van der Waals surface area contributed by atoms with Gasteiger partial charge in [-0.05, 0) is 50.3 Å². The van der Waals surface area contributed by atoms with Gasteiger partial charge in [0.05, 0.1) is 12.8 Å². The molecule has 0 unspecified atom stereocenters. The number of ketones is 1. The van der Waals surface area contributed by atoms with E-state index in [1.54, 1.807) is 25.3 Å². The third-order valence-electron chi connectivity index (χ3n) is 5.22. The molecule has 168 valence electrons. The molecular weight excluding hydrogens is 401 g/mol. The molecule has 1 rings (SSSR count). The van der Waals surface area contributed by atoms with Crippen molar-refractivity contribution in [3.8, 4) is 5.75 Å². The maximum absolute atomic E-state index is 12.2. The van der Waals surface area contributed by atoms with E-state index in [1.165, 1.54) is 70.6 Å². The van der Waals surface area contributed by atoms with Crippen molar-refractivity contribution in [3.63, 3.8) is 0 Å². The molecule has 0 bridgehead atoms. The average Bonchev–Trinajstić information content (AvgIpc) is 2.70. The SMILES string of the molecule is CCCCCCCC/C=C\CCCCCCCC(=O)c1ccc(OC)c(N)c1.S.[H-].[Na+]. The number of unbranched alkanes of at least 4 members (excludes halogenated alkanes) is 11. The predicted molar refractivity (Wildman–Crippen MR) is 133 cm³/mol. The molecule has 0 atom stereocenters. The molecule has 5 heteroatoms. The van der Waals surface area contributed by atoms with Crippen molar-refractivity contribution in [2.45, 2.75) is 96.8 Å². The van der Waals surface area contributed by atoms with E-state index in [2.05, 4.69) is 19.1 Å². The van der Waals surface area contributed by atoms with Gasteiger partial charge >= 0.3 is 29.6 Å². The molecule has 0 aromatic heterocycles. The van der Waals surface area contributed by atoms with Gasteiger partial charge in [0.25, 0.3) is 0 Å². The van der Waals surface area contributed by atoms with Gasteiger partial charge in [0.15, 0.2) is 5.78 Å². The maximum Gasteiger partial charge on any atom is 1.00 e. The van der Waals surface area contributed by atoms with Gasteiger partial charge in [-0.3, -0.25) is 4.79 Å². The molecule has 0 saturated heterocycles. The Morgan fingerprint density at radius 1 is 0.933 bits per heavy atom. The van der Waals surface area contributed by atoms with Crippen molar-refractivity contribution < 1.29 is 40.5 Å². The number of ether oxygens (including phenoxy) is 1. The molecule has 0 fully saturated rings. The first kappa shape index (κ1) is 31.8. The quantitative estimate of drug-likeness (QED) is 0.124. The molecule has 0 saturated carbocycles. The fraction of sp³-hybridized carbons (Fsp3) is 0.640. The van der Waals surface area contributed by atoms with Gasteiger partial charge in [-0.15, -0.1) is 0 Å². The predicted octanol–water partition coefficient (Wildman–Crippen LogP) is 4.73. The molecule has 1 aromatic carbocycles. The normalized spacial score (nSPS) is 10.5. The molecular formula is C25H44NNaO2S. The van der Waals surface area contributed by atoms with E-state index in [1.807, 2.05) is 0 Å². The summed E-state index contributed by atoms with van der Waals surface area (Å²) >= 11 is 0. The van der Waals surface area contributed by atoms with E-state index in [0.717, 1.165) is 12.8 Å². The van der Waals surface area contributed by atoms with Crippen molar-refractivity contribution in [2.75, 3.05) is 12.8 Å². The Labute approximate surface area is 215 Å². The summed E-state index contributed by atoms with van der Waals surface area (Å²) in [5.41, 5.74) is 7.09. The van der Waals surface area contributed by atoms with Crippen molar-refractivity contribution in [1.82, 2.24) is 0 Å². The number of hydrogen-bond acceptors (Lipinski definition) is 3. The summed E-state index contributed by atoms with van der Waals surface area (Å²) in [6, 6.07) is 5.29. The smallest absolute Gasteiger partial charge is 1.00 e. The van der Waals surface area contributed by atoms with E-state index in [-0.39, 0.29) is 50.3 Å². The second-order valence-corrected chi connectivity index (χ2v) is 7.71. The van der Waals surface area contributed by atoms with Crippen LogP contribution >= 0.6 is 13.5 Å². The monoisotopic (exact) mass is 445 g/mol. The molecule has 3 nitrogen and oxygen atoms in total. The van der Waals surface area contributed by atoms with Crippen molar-refractivity contribution in [3.05, 3.63) is 35.9 Å². The van der Waals surface area contributed by atoms with Crippen LogP contribution in [0.5, 0.6) is 5.75 Å². The van der Waals surface area contributed by atoms with E-state index in [4.69, 9.17) is 10.5 Å². The average molecular weight is 446 g/mol. The Morgan fingerprint density at radius 2 is 1.47 bits per heavy atom. The fourth-order valence-electron chi connectivity index (χ4n) is 3.41. The molecule has 2 N–H and O–H groups in total. The van der Waals surface area contributed by atoms with Crippen LogP contribution in [0.2, 0.25) is 0 Å². The number of methoxy groups -OCH3 is 1. The van der Waals surface area contributed by atoms with E-state index >= 15 is 0 Å². The van der Waals surface area contributed by atoms with Crippen LogP contribution < -0.4 is 40.0 Å². The minimum absolute atomic E-state index is 0. The zero-order chi connectivity index (χ0) is 20.5. The third-order valence-corrected chi connectivity index (χ3v) is 5.22. The number of Topliss-reactive ketones (excluding diaryl/α,β-unsaturated/α-hetero) is 1. The van der Waals surface area contributed by atoms with Gasteiger partial charge in [-0.25, -0.2) is 0 Å². The molecule has 30 heavy (non-hydrogen) atoms. The van der Waals surface area contributed by atoms with Gasteiger partial charge in [0, 0.05) is 12.0 Å². The minimum Gasteiger partial charge on any atom is -1.00 e. The Kier molecular flexibility index (Phi) is 23.1. The first-order chi connectivity index (χ1) is 13.7. The molecule has 0 aliphatic rings. The molecule has 0 radical (unpaired) electrons. The number of nitrogen functional groups attached to an aromatic ring is 1. The number of nitrogens with two attached hydrogens (primary N) is 1. The summed E-state index contributed by atoms with van der Waals surface area (Å²) in [6.45, 7) is 2.27. The van der Waals surface area contributed by atoms with Crippen LogP contribution in [-0.2, 0) is 0 Å². The van der Waals surface area contributed by atoms with Crippen LogP contribution in [0.25, 0.3) is 0 Å². The van der Waals surface area contributed by atoms with Crippen molar-refractivity contribution >= 4 is 25.0 Å². The number of anilines is 1. The van der Waals surface area contributed by atoms with Crippen molar-refractivity contribution in [1.29, 1.82) is 0 Å². The fourth-order valence-corrected chi connectivity index (χ4v) is 3.41. The van der Waals surface area contributed by atoms with Gasteiger partial charge < -0.3 is 11.9 Å². The largest absolute Gasteiger partial charge is 1.00 e. The number of hydrogen-bond donors (Lipinski definition) is 1. The van der Waals surface area contributed by atoms with Gasteiger partial charge in [-0.1, -0.05) is 70.4 Å². The number of rotatable bonds is 17. The number of carbonyl (C=O) groups excluding carboxylic acids is 1. The summed E-state index contributed by atoms with van der Waals surface area (Å²) < 4.78 is 5.13. The maximum atomic E-state index is 12.2. The number of allylic oxidation sites excluding steroid dienone is 2. The Morgan fingerprint density at radius 3 is 2.00 bits per heavy atom. The summed E-state index contributed by atoms with van der Waals surface area (Å²) in [7, 11) is 1.58. The molecule has 0 aliphatic heterocycles. The molecule has 0 spiro atoms. The van der Waals surface area contributed by atoms with Crippen LogP contribution in [0.3, 0.4) is 0 Å². The first-order valence-corrected chi connectivity index (χ1v) is 11.3. The van der Waals surface area contributed by atoms with Crippen LogP contribution in [0.4, 0.5) is 5.69 Å². The van der Waals surface area contributed by atoms with E-state index < -0.39 is 0 Å². The number of benzene rings is 1. The van der Waals surface area contributed by atoms with Crippen LogP contribution in [-0.4, -0.2) is 12.9 Å². The van der Waals surface area contributed by atoms with Crippen LogP contribution in [0, 0.1) is 0 Å². The first-order valence-electron chi connectivity index (χ1n) is 11.3. The third kappa shape index (κ3) is 15.4. The Balaban J connectivity index is -0.00000261. The minimum atomic E-state index is 0. The van der Waals surface area contributed by atoms with E-state index in [9.17, 15) is 4.79 Å². The zero-order valence-corrected chi connectivity index (χ0v) is 22.7. The second kappa shape index (κ2) is 21.8. The van der Waals surface area contributed by atoms with Crippen LogP contribution in [0.1, 0.15) is 109 Å². The second-order valence-electron chi connectivity index (χ2n) is 7.71. The standard InChI is InChI=1S/C25H41NO2.Na.H2S.H/c1-3-4-5-6-7-8-9-10-11-12-13-14-15-16-17-18-24(27)22-19-20-25(28-2)23(26)21-22;;;/h10-11,19-21H,3-9,12-18,26H2,1-2H3;;1H2;/q;+1;;-1/b11-10-;;;. The zero-order valence-electron chi connectivity index (χ0n) is 20.7. The number of carbonyl (C=O) groups is 1. The molecule has 1 aromatic rings. The summed E-state index contributed by atoms with van der Waals surface area (Å²) in [6.07, 6.45) is 21.8. The van der Waals surface area contributed by atoms with E-state index in [0.29, 0.717) is 23.4 Å². The summed E-state index contributed by atoms with van der Waals surface area (Å²) in [5, 5.41) is 0. The van der Waals surface area contributed by atoms with Crippen LogP contribution in [0.15, 0.2) is 30.4 Å². The summed E-state index contributed by atoms with van der Waals surface area (Å²) in [5.74, 6) is 0.796. The molecule has 0 heterocycles. The topological polar surface area (TPSA) is 52.3 Å². The Hall–Kier alpha value is -0.420. The van der Waals surface area contributed by atoms with Gasteiger partial charge in [0.2, 0.25) is 0 Å². The van der Waals surface area contributed by atoms with Crippen molar-refractivity contribution in [2.24, 2.45) is 0 Å². The summed E-state index contributed by atoms with van der Waals surface area (Å²) in [4.78, 5) is 12.2. The Bertz CT molecular complexity index is 585.